The van der Waals surface area contributed by atoms with Crippen molar-refractivity contribution in [2.45, 2.75) is 25.4 Å². The molecule has 5 rings (SSSR count). The number of likely N-dealkylation sites (tertiary alicyclic amines) is 1. The highest BCUT2D eigenvalue weighted by molar-refractivity contribution is 6.02. The molecular formula is C23H20F2N4O3. The van der Waals surface area contributed by atoms with E-state index < -0.39 is 6.61 Å². The molecule has 2 aromatic carbocycles. The number of benzene rings is 2. The van der Waals surface area contributed by atoms with E-state index in [1.807, 2.05) is 24.3 Å². The van der Waals surface area contributed by atoms with Gasteiger partial charge in [0.15, 0.2) is 17.2 Å². The summed E-state index contributed by atoms with van der Waals surface area (Å²) >= 11 is 0. The summed E-state index contributed by atoms with van der Waals surface area (Å²) in [5.41, 5.74) is 2.26. The van der Waals surface area contributed by atoms with Gasteiger partial charge < -0.3 is 19.4 Å². The van der Waals surface area contributed by atoms with Crippen LogP contribution in [0.4, 0.5) is 19.3 Å². The van der Waals surface area contributed by atoms with Gasteiger partial charge in [-0.15, -0.1) is 0 Å². The number of carbonyl (C=O) groups excluding carboxylic acids is 1. The number of hydrogen-bond acceptors (Lipinski definition) is 5. The molecule has 4 aromatic rings. The number of alkyl halides is 2. The molecule has 2 aromatic heterocycles. The number of ether oxygens (including phenoxy) is 1. The van der Waals surface area contributed by atoms with Crippen LogP contribution in [-0.2, 0) is 0 Å². The van der Waals surface area contributed by atoms with Crippen LogP contribution in [0.3, 0.4) is 0 Å². The summed E-state index contributed by atoms with van der Waals surface area (Å²) in [6, 6.07) is 13.6. The molecule has 32 heavy (non-hydrogen) atoms. The van der Waals surface area contributed by atoms with Crippen molar-refractivity contribution in [2.75, 3.05) is 18.4 Å². The van der Waals surface area contributed by atoms with Crippen molar-refractivity contribution in [3.8, 4) is 5.75 Å². The second kappa shape index (κ2) is 8.41. The zero-order valence-electron chi connectivity index (χ0n) is 17.0. The Bertz CT molecular complexity index is 1240. The van der Waals surface area contributed by atoms with Crippen LogP contribution < -0.4 is 10.1 Å². The number of amides is 2. The van der Waals surface area contributed by atoms with Gasteiger partial charge in [-0.1, -0.05) is 12.1 Å². The minimum absolute atomic E-state index is 0.00197. The summed E-state index contributed by atoms with van der Waals surface area (Å²) in [5, 5.41) is 3.41. The van der Waals surface area contributed by atoms with Crippen molar-refractivity contribution in [1.29, 1.82) is 0 Å². The fraction of sp³-hybridized carbons (Fsp3) is 0.261. The van der Waals surface area contributed by atoms with Gasteiger partial charge in [-0.3, -0.25) is 4.98 Å². The molecule has 7 nitrogen and oxygen atoms in total. The number of halogens is 2. The van der Waals surface area contributed by atoms with Gasteiger partial charge in [0.25, 0.3) is 0 Å². The van der Waals surface area contributed by atoms with E-state index in [0.29, 0.717) is 30.1 Å². The largest absolute Gasteiger partial charge is 0.440 e. The van der Waals surface area contributed by atoms with E-state index in [2.05, 4.69) is 20.0 Å². The van der Waals surface area contributed by atoms with E-state index in [1.54, 1.807) is 23.1 Å². The van der Waals surface area contributed by atoms with Crippen molar-refractivity contribution in [3.05, 3.63) is 60.6 Å². The fourth-order valence-electron chi connectivity index (χ4n) is 4.07. The van der Waals surface area contributed by atoms with Gasteiger partial charge in [-0.05, 0) is 49.2 Å². The first-order valence-electron chi connectivity index (χ1n) is 10.3. The lowest BCUT2D eigenvalue weighted by Gasteiger charge is -2.31. The summed E-state index contributed by atoms with van der Waals surface area (Å²) in [4.78, 5) is 23.5. The van der Waals surface area contributed by atoms with Gasteiger partial charge in [0, 0.05) is 24.7 Å². The van der Waals surface area contributed by atoms with E-state index in [-0.39, 0.29) is 23.2 Å². The summed E-state index contributed by atoms with van der Waals surface area (Å²) in [6.45, 7) is -1.88. The standard InChI is InChI=1S/C23H20F2N4O3/c24-22(25)32-19-10-9-16(15-6-3-11-26-20(15)19)28-23(30)29-12-4-5-14(13-29)21-27-17-7-1-2-8-18(17)31-21/h1-3,6-11,14,22H,4-5,12-13H2,(H,28,30). The van der Waals surface area contributed by atoms with E-state index in [4.69, 9.17) is 4.42 Å². The zero-order chi connectivity index (χ0) is 22.1. The van der Waals surface area contributed by atoms with E-state index in [9.17, 15) is 13.6 Å². The van der Waals surface area contributed by atoms with Gasteiger partial charge in [0.1, 0.15) is 11.0 Å². The minimum Gasteiger partial charge on any atom is -0.440 e. The van der Waals surface area contributed by atoms with Crippen LogP contribution in [0, 0.1) is 0 Å². The number of rotatable bonds is 4. The number of oxazole rings is 1. The van der Waals surface area contributed by atoms with Crippen LogP contribution in [0.15, 0.2) is 59.1 Å². The first-order chi connectivity index (χ1) is 15.6. The number of anilines is 1. The average molecular weight is 438 g/mol. The summed E-state index contributed by atoms with van der Waals surface area (Å²) < 4.78 is 35.9. The number of carbonyl (C=O) groups is 1. The van der Waals surface area contributed by atoms with Crippen molar-refractivity contribution < 1.29 is 22.7 Å². The SMILES string of the molecule is O=C(Nc1ccc(OC(F)F)c2ncccc12)N1CCCC(c2nc3ccccc3o2)C1. The van der Waals surface area contributed by atoms with Gasteiger partial charge in [-0.25, -0.2) is 9.78 Å². The second-order valence-electron chi connectivity index (χ2n) is 7.62. The molecule has 0 aliphatic carbocycles. The molecule has 2 amide bonds. The molecule has 0 radical (unpaired) electrons. The first kappa shape index (κ1) is 20.2. The minimum atomic E-state index is -2.96. The van der Waals surface area contributed by atoms with Gasteiger partial charge >= 0.3 is 12.6 Å². The molecule has 1 saturated heterocycles. The number of piperidine rings is 1. The summed E-state index contributed by atoms with van der Waals surface area (Å²) in [7, 11) is 0. The number of nitrogens with zero attached hydrogens (tertiary/aromatic N) is 3. The van der Waals surface area contributed by atoms with Crippen LogP contribution in [-0.4, -0.2) is 40.6 Å². The quantitative estimate of drug-likeness (QED) is 0.462. The molecule has 1 aliphatic heterocycles. The molecule has 1 atom stereocenters. The highest BCUT2D eigenvalue weighted by atomic mass is 19.3. The molecule has 1 aliphatic rings. The number of nitrogens with one attached hydrogen (secondary N) is 1. The second-order valence-corrected chi connectivity index (χ2v) is 7.62. The Labute approximate surface area is 182 Å². The van der Waals surface area contributed by atoms with Crippen molar-refractivity contribution in [3.63, 3.8) is 0 Å². The van der Waals surface area contributed by atoms with Crippen LogP contribution in [0.5, 0.6) is 5.75 Å². The molecule has 1 N–H and O–H groups in total. The third kappa shape index (κ3) is 3.93. The highest BCUT2D eigenvalue weighted by Gasteiger charge is 2.28. The Hall–Kier alpha value is -3.75. The maximum Gasteiger partial charge on any atom is 0.387 e. The molecule has 0 saturated carbocycles. The lowest BCUT2D eigenvalue weighted by molar-refractivity contribution is -0.0489. The predicted molar refractivity (Wildman–Crippen MR) is 115 cm³/mol. The van der Waals surface area contributed by atoms with Crippen LogP contribution in [0.2, 0.25) is 0 Å². The maximum absolute atomic E-state index is 13.0. The normalized spacial score (nSPS) is 16.6. The van der Waals surface area contributed by atoms with Crippen LogP contribution in [0.1, 0.15) is 24.7 Å². The molecule has 1 fully saturated rings. The number of para-hydroxylation sites is 2. The van der Waals surface area contributed by atoms with Crippen LogP contribution in [0.25, 0.3) is 22.0 Å². The Morgan fingerprint density at radius 3 is 2.91 bits per heavy atom. The van der Waals surface area contributed by atoms with Gasteiger partial charge in [0.2, 0.25) is 0 Å². The molecule has 3 heterocycles. The molecule has 164 valence electrons. The van der Waals surface area contributed by atoms with E-state index in [1.165, 1.54) is 12.3 Å². The van der Waals surface area contributed by atoms with Crippen molar-refractivity contribution >= 4 is 33.7 Å². The topological polar surface area (TPSA) is 80.5 Å². The number of pyridine rings is 1. The lowest BCUT2D eigenvalue weighted by atomic mass is 9.98. The average Bonchev–Trinajstić information content (AvgIpc) is 3.25. The van der Waals surface area contributed by atoms with Crippen molar-refractivity contribution in [1.82, 2.24) is 14.9 Å². The Morgan fingerprint density at radius 1 is 1.19 bits per heavy atom. The van der Waals surface area contributed by atoms with Gasteiger partial charge in [0.05, 0.1) is 11.6 Å². The van der Waals surface area contributed by atoms with Crippen molar-refractivity contribution in [2.24, 2.45) is 0 Å². The molecule has 9 heteroatoms. The Morgan fingerprint density at radius 2 is 2.06 bits per heavy atom. The van der Waals surface area contributed by atoms with Crippen LogP contribution >= 0.6 is 0 Å². The van der Waals surface area contributed by atoms with E-state index in [0.717, 1.165) is 23.9 Å². The van der Waals surface area contributed by atoms with E-state index >= 15 is 0 Å². The number of aromatic nitrogens is 2. The summed E-state index contributed by atoms with van der Waals surface area (Å²) in [6.07, 6.45) is 3.19. The zero-order valence-corrected chi connectivity index (χ0v) is 17.0. The Kier molecular flexibility index (Phi) is 5.30. The Balaban J connectivity index is 1.35. The third-order valence-electron chi connectivity index (χ3n) is 5.56. The third-order valence-corrected chi connectivity index (χ3v) is 5.56. The predicted octanol–water partition coefficient (Wildman–Crippen LogP) is 5.39. The maximum atomic E-state index is 13.0. The molecule has 0 spiro atoms. The molecule has 0 bridgehead atoms. The number of hydrogen-bond donors (Lipinski definition) is 1. The highest BCUT2D eigenvalue weighted by Crippen LogP contribution is 2.32. The number of urea groups is 1. The lowest BCUT2D eigenvalue weighted by Crippen LogP contribution is -2.41. The first-order valence-corrected chi connectivity index (χ1v) is 10.3. The van der Waals surface area contributed by atoms with Gasteiger partial charge in [-0.2, -0.15) is 8.78 Å². The monoisotopic (exact) mass is 438 g/mol. The number of fused-ring (bicyclic) bond motifs is 2. The fourth-order valence-corrected chi connectivity index (χ4v) is 4.07. The summed E-state index contributed by atoms with van der Waals surface area (Å²) in [5.74, 6) is 0.594. The molecule has 1 unspecified atom stereocenters. The smallest absolute Gasteiger partial charge is 0.387 e. The molecular weight excluding hydrogens is 418 g/mol.